The van der Waals surface area contributed by atoms with Crippen LogP contribution < -0.4 is 5.32 Å². The van der Waals surface area contributed by atoms with Crippen molar-refractivity contribution in [3.8, 4) is 0 Å². The molecule has 0 aromatic rings. The van der Waals surface area contributed by atoms with E-state index in [4.69, 9.17) is 5.11 Å². The molecule has 0 aliphatic rings. The molecule has 4 nitrogen and oxygen atoms in total. The van der Waals surface area contributed by atoms with Crippen LogP contribution in [-0.4, -0.2) is 23.5 Å². The first kappa shape index (κ1) is 9.94. The Bertz CT molecular complexity index is 156. The van der Waals surface area contributed by atoms with E-state index in [9.17, 15) is 9.59 Å². The Morgan fingerprint density at radius 3 is 2.45 bits per heavy atom. The highest BCUT2D eigenvalue weighted by Crippen LogP contribution is 2.00. The van der Waals surface area contributed by atoms with Gasteiger partial charge in [0.1, 0.15) is 0 Å². The molecule has 0 saturated heterocycles. The Balaban J connectivity index is 3.60. The number of rotatable bonds is 4. The number of hydrogen-bond acceptors (Lipinski definition) is 2. The first-order chi connectivity index (χ1) is 5.07. The van der Waals surface area contributed by atoms with E-state index in [-0.39, 0.29) is 18.2 Å². The zero-order valence-corrected chi connectivity index (χ0v) is 6.76. The highest BCUT2D eigenvalue weighted by molar-refractivity contribution is 5.85. The Labute approximate surface area is 65.6 Å². The number of carbonyl (C=O) groups excluding carboxylic acids is 1. The van der Waals surface area contributed by atoms with Gasteiger partial charge in [-0.3, -0.25) is 4.79 Å². The third-order valence-electron chi connectivity index (χ3n) is 1.58. The molecule has 0 spiro atoms. The second-order valence-corrected chi connectivity index (χ2v) is 2.43. The lowest BCUT2D eigenvalue weighted by molar-refractivity contribution is -0.121. The van der Waals surface area contributed by atoms with Crippen molar-refractivity contribution in [2.24, 2.45) is 5.92 Å². The summed E-state index contributed by atoms with van der Waals surface area (Å²) in [6.07, 6.45) is -0.401. The first-order valence-electron chi connectivity index (χ1n) is 3.57. The zero-order chi connectivity index (χ0) is 8.85. The van der Waals surface area contributed by atoms with Crippen LogP contribution in [0.3, 0.4) is 0 Å². The molecule has 64 valence electrons. The third-order valence-corrected chi connectivity index (χ3v) is 1.58. The van der Waals surface area contributed by atoms with E-state index in [1.807, 2.05) is 12.2 Å². The van der Waals surface area contributed by atoms with Gasteiger partial charge in [-0.15, -0.1) is 0 Å². The van der Waals surface area contributed by atoms with Gasteiger partial charge in [0.2, 0.25) is 0 Å². The molecule has 1 atom stereocenters. The van der Waals surface area contributed by atoms with Crippen molar-refractivity contribution in [2.45, 2.75) is 20.3 Å². The van der Waals surface area contributed by atoms with Gasteiger partial charge in [-0.1, -0.05) is 13.8 Å². The van der Waals surface area contributed by atoms with Crippen molar-refractivity contribution in [2.75, 3.05) is 6.54 Å². The summed E-state index contributed by atoms with van der Waals surface area (Å²) in [6, 6.07) is 0. The molecule has 0 bridgehead atoms. The smallest absolute Gasteiger partial charge is 0.405 e. The first-order valence-corrected chi connectivity index (χ1v) is 3.57. The molecule has 0 fully saturated rings. The van der Waals surface area contributed by atoms with E-state index in [0.29, 0.717) is 0 Å². The fourth-order valence-corrected chi connectivity index (χ4v) is 0.565. The lowest BCUT2D eigenvalue weighted by Crippen LogP contribution is -2.30. The van der Waals surface area contributed by atoms with E-state index in [1.54, 1.807) is 6.92 Å². The SMILES string of the molecule is CCC(C)C(=O)CNC(=O)O. The lowest BCUT2D eigenvalue weighted by atomic mass is 10.0. The van der Waals surface area contributed by atoms with Gasteiger partial charge in [0, 0.05) is 5.92 Å². The summed E-state index contributed by atoms with van der Waals surface area (Å²) in [4.78, 5) is 20.9. The van der Waals surface area contributed by atoms with Crippen LogP contribution in [0.5, 0.6) is 0 Å². The van der Waals surface area contributed by atoms with Crippen molar-refractivity contribution in [3.05, 3.63) is 0 Å². The molecule has 0 aromatic heterocycles. The van der Waals surface area contributed by atoms with Gasteiger partial charge in [0.15, 0.2) is 5.78 Å². The molecular weight excluding hydrogens is 146 g/mol. The molecule has 0 aliphatic heterocycles. The summed E-state index contributed by atoms with van der Waals surface area (Å²) in [5.74, 6) is -0.114. The molecule has 1 unspecified atom stereocenters. The average molecular weight is 159 g/mol. The van der Waals surface area contributed by atoms with Crippen molar-refractivity contribution in [1.29, 1.82) is 0 Å². The second kappa shape index (κ2) is 4.71. The third kappa shape index (κ3) is 4.36. The summed E-state index contributed by atoms with van der Waals surface area (Å²) < 4.78 is 0. The highest BCUT2D eigenvalue weighted by atomic mass is 16.4. The fourth-order valence-electron chi connectivity index (χ4n) is 0.565. The Morgan fingerprint density at radius 2 is 2.09 bits per heavy atom. The highest BCUT2D eigenvalue weighted by Gasteiger charge is 2.10. The zero-order valence-electron chi connectivity index (χ0n) is 6.76. The standard InChI is InChI=1S/C7H13NO3/c1-3-5(2)6(9)4-8-7(10)11/h5,8H,3-4H2,1-2H3,(H,10,11). The second-order valence-electron chi connectivity index (χ2n) is 2.43. The predicted octanol–water partition coefficient (Wildman–Crippen LogP) is 0.869. The molecule has 11 heavy (non-hydrogen) atoms. The number of carbonyl (C=O) groups is 2. The van der Waals surface area contributed by atoms with Crippen LogP contribution in [0, 0.1) is 5.92 Å². The number of amides is 1. The van der Waals surface area contributed by atoms with Gasteiger partial charge in [-0.2, -0.15) is 0 Å². The van der Waals surface area contributed by atoms with Crippen molar-refractivity contribution in [3.63, 3.8) is 0 Å². The minimum atomic E-state index is -1.15. The molecule has 0 aromatic carbocycles. The number of hydrogen-bond donors (Lipinski definition) is 2. The van der Waals surface area contributed by atoms with Crippen molar-refractivity contribution >= 4 is 11.9 Å². The molecule has 0 saturated carbocycles. The Hall–Kier alpha value is -1.06. The van der Waals surface area contributed by atoms with Gasteiger partial charge in [0.05, 0.1) is 6.54 Å². The van der Waals surface area contributed by atoms with Crippen LogP contribution in [0.15, 0.2) is 0 Å². The fraction of sp³-hybridized carbons (Fsp3) is 0.714. The van der Waals surface area contributed by atoms with Crippen LogP contribution in [0.1, 0.15) is 20.3 Å². The summed E-state index contributed by atoms with van der Waals surface area (Å²) in [5, 5.41) is 10.2. The average Bonchev–Trinajstić information content (AvgIpc) is 1.98. The maximum absolute atomic E-state index is 11.0. The van der Waals surface area contributed by atoms with Gasteiger partial charge >= 0.3 is 6.09 Å². The predicted molar refractivity (Wildman–Crippen MR) is 40.5 cm³/mol. The molecule has 0 radical (unpaired) electrons. The summed E-state index contributed by atoms with van der Waals surface area (Å²) >= 11 is 0. The van der Waals surface area contributed by atoms with Gasteiger partial charge in [-0.05, 0) is 6.42 Å². The molecule has 4 heteroatoms. The van der Waals surface area contributed by atoms with Crippen molar-refractivity contribution < 1.29 is 14.7 Å². The molecular formula is C7H13NO3. The minimum Gasteiger partial charge on any atom is -0.465 e. The largest absolute Gasteiger partial charge is 0.465 e. The van der Waals surface area contributed by atoms with E-state index < -0.39 is 6.09 Å². The van der Waals surface area contributed by atoms with Gasteiger partial charge < -0.3 is 10.4 Å². The maximum atomic E-state index is 11.0. The van der Waals surface area contributed by atoms with E-state index in [1.165, 1.54) is 0 Å². The van der Waals surface area contributed by atoms with Crippen LogP contribution in [-0.2, 0) is 4.79 Å². The topological polar surface area (TPSA) is 66.4 Å². The van der Waals surface area contributed by atoms with Gasteiger partial charge in [0.25, 0.3) is 0 Å². The summed E-state index contributed by atoms with van der Waals surface area (Å²) in [5.41, 5.74) is 0. The molecule has 0 heterocycles. The normalized spacial score (nSPS) is 12.2. The minimum absolute atomic E-state index is 0.0538. The monoisotopic (exact) mass is 159 g/mol. The number of nitrogens with one attached hydrogen (secondary N) is 1. The van der Waals surface area contributed by atoms with Crippen LogP contribution in [0.2, 0.25) is 0 Å². The summed E-state index contributed by atoms with van der Waals surface area (Å²) in [6.45, 7) is 3.60. The number of carboxylic acid groups (broad SMARTS) is 1. The van der Waals surface area contributed by atoms with E-state index in [2.05, 4.69) is 0 Å². The Morgan fingerprint density at radius 1 is 1.55 bits per heavy atom. The lowest BCUT2D eigenvalue weighted by Gasteiger charge is -2.05. The molecule has 1 amide bonds. The molecule has 0 rings (SSSR count). The van der Waals surface area contributed by atoms with Crippen LogP contribution in [0.4, 0.5) is 4.79 Å². The molecule has 2 N–H and O–H groups in total. The maximum Gasteiger partial charge on any atom is 0.405 e. The van der Waals surface area contributed by atoms with Crippen LogP contribution in [0.25, 0.3) is 0 Å². The van der Waals surface area contributed by atoms with E-state index >= 15 is 0 Å². The number of ketones is 1. The van der Waals surface area contributed by atoms with Gasteiger partial charge in [-0.25, -0.2) is 4.79 Å². The number of Topliss-reactive ketones (excluding diaryl/α,β-unsaturated/α-hetero) is 1. The van der Waals surface area contributed by atoms with Crippen LogP contribution >= 0.6 is 0 Å². The van der Waals surface area contributed by atoms with E-state index in [0.717, 1.165) is 6.42 Å². The Kier molecular flexibility index (Phi) is 4.26. The quantitative estimate of drug-likeness (QED) is 0.639. The summed E-state index contributed by atoms with van der Waals surface area (Å²) in [7, 11) is 0. The van der Waals surface area contributed by atoms with Crippen molar-refractivity contribution in [1.82, 2.24) is 5.32 Å². The molecule has 0 aliphatic carbocycles.